The van der Waals surface area contributed by atoms with E-state index < -0.39 is 0 Å². The lowest BCUT2D eigenvalue weighted by atomic mass is 10.1. The predicted octanol–water partition coefficient (Wildman–Crippen LogP) is 2.48. The molecule has 1 amide bonds. The van der Waals surface area contributed by atoms with E-state index in [-0.39, 0.29) is 5.91 Å². The Morgan fingerprint density at radius 2 is 2.10 bits per heavy atom. The topological polar surface area (TPSA) is 32.8 Å². The number of ether oxygens (including phenoxy) is 1. The molecule has 1 aromatic rings. The first kappa shape index (κ1) is 15.3. The normalized spacial score (nSPS) is 22.4. The maximum Gasteiger partial charge on any atom is 0.255 e. The van der Waals surface area contributed by atoms with Gasteiger partial charge in [-0.05, 0) is 54.1 Å². The molecular formula is C15H21BrN2O2. The third-order valence-electron chi connectivity index (χ3n) is 3.93. The Morgan fingerprint density at radius 3 is 2.65 bits per heavy atom. The zero-order valence-electron chi connectivity index (χ0n) is 12.4. The zero-order valence-corrected chi connectivity index (χ0v) is 14.0. The van der Waals surface area contributed by atoms with E-state index in [1.807, 2.05) is 17.0 Å². The molecule has 2 atom stereocenters. The number of halogens is 1. The van der Waals surface area contributed by atoms with Gasteiger partial charge in [0.15, 0.2) is 0 Å². The van der Waals surface area contributed by atoms with Gasteiger partial charge in [0.1, 0.15) is 5.75 Å². The van der Waals surface area contributed by atoms with Gasteiger partial charge in [-0.2, -0.15) is 0 Å². The van der Waals surface area contributed by atoms with Gasteiger partial charge in [-0.1, -0.05) is 6.92 Å². The number of methoxy groups -OCH3 is 1. The van der Waals surface area contributed by atoms with Gasteiger partial charge in [-0.25, -0.2) is 0 Å². The van der Waals surface area contributed by atoms with Crippen molar-refractivity contribution in [2.24, 2.45) is 5.92 Å². The quantitative estimate of drug-likeness (QED) is 0.847. The van der Waals surface area contributed by atoms with Gasteiger partial charge in [0.05, 0.1) is 12.7 Å². The van der Waals surface area contributed by atoms with Crippen molar-refractivity contribution in [3.05, 3.63) is 28.2 Å². The smallest absolute Gasteiger partial charge is 0.255 e. The maximum atomic E-state index is 12.7. The van der Waals surface area contributed by atoms with Gasteiger partial charge in [0.25, 0.3) is 5.91 Å². The van der Waals surface area contributed by atoms with Gasteiger partial charge in [0.2, 0.25) is 0 Å². The number of rotatable bonds is 3. The SMILES string of the molecule is COc1ccc(Br)c(C(=O)N2CC(C)C(N(C)C)C2)c1. The van der Waals surface area contributed by atoms with E-state index in [1.54, 1.807) is 13.2 Å². The fourth-order valence-corrected chi connectivity index (χ4v) is 3.17. The van der Waals surface area contributed by atoms with Crippen LogP contribution in [-0.4, -0.2) is 56.0 Å². The van der Waals surface area contributed by atoms with E-state index in [4.69, 9.17) is 4.74 Å². The standard InChI is InChI=1S/C15H21BrN2O2/c1-10-8-18(9-14(10)17(2)3)15(19)12-7-11(20-4)5-6-13(12)16/h5-7,10,14H,8-9H2,1-4H3. The molecule has 1 aromatic carbocycles. The molecule has 0 aromatic heterocycles. The molecule has 0 radical (unpaired) electrons. The maximum absolute atomic E-state index is 12.7. The molecule has 0 saturated carbocycles. The molecule has 2 rings (SSSR count). The van der Waals surface area contributed by atoms with Crippen LogP contribution in [0.25, 0.3) is 0 Å². The van der Waals surface area contributed by atoms with Crippen LogP contribution in [0.4, 0.5) is 0 Å². The van der Waals surface area contributed by atoms with E-state index >= 15 is 0 Å². The summed E-state index contributed by atoms with van der Waals surface area (Å²) >= 11 is 3.45. The minimum Gasteiger partial charge on any atom is -0.497 e. The van der Waals surface area contributed by atoms with Crippen molar-refractivity contribution in [2.45, 2.75) is 13.0 Å². The molecule has 1 fully saturated rings. The molecule has 1 aliphatic heterocycles. The second kappa shape index (κ2) is 6.14. The Hall–Kier alpha value is -1.07. The molecular weight excluding hydrogens is 320 g/mol. The van der Waals surface area contributed by atoms with Crippen LogP contribution >= 0.6 is 15.9 Å². The lowest BCUT2D eigenvalue weighted by molar-refractivity contribution is 0.0780. The lowest BCUT2D eigenvalue weighted by Gasteiger charge is -2.22. The molecule has 4 nitrogen and oxygen atoms in total. The summed E-state index contributed by atoms with van der Waals surface area (Å²) in [4.78, 5) is 16.8. The number of hydrogen-bond donors (Lipinski definition) is 0. The first-order valence-electron chi connectivity index (χ1n) is 6.73. The van der Waals surface area contributed by atoms with Crippen molar-refractivity contribution in [3.8, 4) is 5.75 Å². The van der Waals surface area contributed by atoms with E-state index in [0.717, 1.165) is 17.6 Å². The second-order valence-electron chi connectivity index (χ2n) is 5.56. The average Bonchev–Trinajstić information content (AvgIpc) is 2.81. The van der Waals surface area contributed by atoms with E-state index in [1.165, 1.54) is 0 Å². The van der Waals surface area contributed by atoms with Crippen molar-refractivity contribution in [1.29, 1.82) is 0 Å². The molecule has 110 valence electrons. The molecule has 1 saturated heterocycles. The minimum atomic E-state index is 0.0620. The van der Waals surface area contributed by atoms with Crippen LogP contribution in [0.3, 0.4) is 0 Å². The Bertz CT molecular complexity index is 505. The van der Waals surface area contributed by atoms with E-state index in [9.17, 15) is 4.79 Å². The summed E-state index contributed by atoms with van der Waals surface area (Å²) in [5.41, 5.74) is 0.663. The Balaban J connectivity index is 2.20. The summed E-state index contributed by atoms with van der Waals surface area (Å²) in [6, 6.07) is 5.91. The van der Waals surface area contributed by atoms with Crippen molar-refractivity contribution < 1.29 is 9.53 Å². The molecule has 0 aliphatic carbocycles. The third-order valence-corrected chi connectivity index (χ3v) is 4.62. The van der Waals surface area contributed by atoms with Crippen molar-refractivity contribution in [1.82, 2.24) is 9.80 Å². The summed E-state index contributed by atoms with van der Waals surface area (Å²) in [7, 11) is 5.74. The van der Waals surface area contributed by atoms with Gasteiger partial charge < -0.3 is 14.5 Å². The Kier molecular flexibility index (Phi) is 4.70. The summed E-state index contributed by atoms with van der Waals surface area (Å²) < 4.78 is 6.01. The highest BCUT2D eigenvalue weighted by atomic mass is 79.9. The van der Waals surface area contributed by atoms with E-state index in [2.05, 4.69) is 41.8 Å². The molecule has 2 unspecified atom stereocenters. The summed E-state index contributed by atoms with van der Waals surface area (Å²) in [5, 5.41) is 0. The van der Waals surface area contributed by atoms with Gasteiger partial charge in [0, 0.05) is 23.6 Å². The molecule has 0 N–H and O–H groups in total. The summed E-state index contributed by atoms with van der Waals surface area (Å²) in [6.07, 6.45) is 0. The highest BCUT2D eigenvalue weighted by Gasteiger charge is 2.34. The van der Waals surface area contributed by atoms with Crippen molar-refractivity contribution >= 4 is 21.8 Å². The number of carbonyl (C=O) groups excluding carboxylic acids is 1. The van der Waals surface area contributed by atoms with Crippen LogP contribution in [0.5, 0.6) is 5.75 Å². The minimum absolute atomic E-state index is 0.0620. The summed E-state index contributed by atoms with van der Waals surface area (Å²) in [5.74, 6) is 1.25. The van der Waals surface area contributed by atoms with Crippen molar-refractivity contribution in [3.63, 3.8) is 0 Å². The number of benzene rings is 1. The van der Waals surface area contributed by atoms with Gasteiger partial charge in [-0.15, -0.1) is 0 Å². The fourth-order valence-electron chi connectivity index (χ4n) is 2.75. The van der Waals surface area contributed by atoms with Crippen LogP contribution in [0, 0.1) is 5.92 Å². The van der Waals surface area contributed by atoms with Crippen LogP contribution < -0.4 is 4.74 Å². The van der Waals surface area contributed by atoms with Crippen LogP contribution in [0.15, 0.2) is 22.7 Å². The van der Waals surface area contributed by atoms with Gasteiger partial charge >= 0.3 is 0 Å². The number of nitrogens with zero attached hydrogens (tertiary/aromatic N) is 2. The highest BCUT2D eigenvalue weighted by molar-refractivity contribution is 9.10. The number of likely N-dealkylation sites (N-methyl/N-ethyl adjacent to an activating group) is 1. The lowest BCUT2D eigenvalue weighted by Crippen LogP contribution is -2.35. The highest BCUT2D eigenvalue weighted by Crippen LogP contribution is 2.27. The van der Waals surface area contributed by atoms with E-state index in [0.29, 0.717) is 23.3 Å². The predicted molar refractivity (Wildman–Crippen MR) is 83.2 cm³/mol. The van der Waals surface area contributed by atoms with Crippen LogP contribution in [0.1, 0.15) is 17.3 Å². The summed E-state index contributed by atoms with van der Waals surface area (Å²) in [6.45, 7) is 3.76. The number of amides is 1. The molecule has 0 bridgehead atoms. The van der Waals surface area contributed by atoms with Crippen molar-refractivity contribution in [2.75, 3.05) is 34.3 Å². The first-order chi connectivity index (χ1) is 9.43. The number of likely N-dealkylation sites (tertiary alicyclic amines) is 1. The largest absolute Gasteiger partial charge is 0.497 e. The molecule has 5 heteroatoms. The number of carbonyl (C=O) groups is 1. The molecule has 20 heavy (non-hydrogen) atoms. The van der Waals surface area contributed by atoms with Crippen LogP contribution in [0.2, 0.25) is 0 Å². The number of hydrogen-bond acceptors (Lipinski definition) is 3. The average molecular weight is 341 g/mol. The Morgan fingerprint density at radius 1 is 1.40 bits per heavy atom. The molecule has 1 heterocycles. The molecule has 1 aliphatic rings. The fraction of sp³-hybridized carbons (Fsp3) is 0.533. The monoisotopic (exact) mass is 340 g/mol. The third kappa shape index (κ3) is 2.99. The second-order valence-corrected chi connectivity index (χ2v) is 6.42. The zero-order chi connectivity index (χ0) is 14.9. The first-order valence-corrected chi connectivity index (χ1v) is 7.52. The van der Waals surface area contributed by atoms with Crippen LogP contribution in [-0.2, 0) is 0 Å². The van der Waals surface area contributed by atoms with Gasteiger partial charge in [-0.3, -0.25) is 4.79 Å². The molecule has 0 spiro atoms. The Labute approximate surface area is 128 Å².